The molecule has 0 aliphatic carbocycles. The minimum Gasteiger partial charge on any atom is -0.337 e. The van der Waals surface area contributed by atoms with Crippen LogP contribution in [0, 0.1) is 11.3 Å². The van der Waals surface area contributed by atoms with Crippen LogP contribution in [0.15, 0.2) is 42.7 Å². The lowest BCUT2D eigenvalue weighted by atomic mass is 10.2. The Kier molecular flexibility index (Phi) is 4.10. The molecular formula is C16H11F3N6. The molecule has 6 nitrogen and oxygen atoms in total. The molecule has 3 heterocycles. The summed E-state index contributed by atoms with van der Waals surface area (Å²) in [5.74, 6) is 0.478. The topological polar surface area (TPSA) is 79.4 Å². The Balaban J connectivity index is 1.83. The number of nitrogens with zero attached hydrogens (tertiary/aromatic N) is 5. The van der Waals surface area contributed by atoms with Gasteiger partial charge >= 0.3 is 6.18 Å². The zero-order valence-electron chi connectivity index (χ0n) is 12.9. The second-order valence-corrected chi connectivity index (χ2v) is 5.14. The van der Waals surface area contributed by atoms with Gasteiger partial charge in [-0.05, 0) is 24.3 Å². The van der Waals surface area contributed by atoms with E-state index >= 15 is 0 Å². The lowest BCUT2D eigenvalue weighted by Gasteiger charge is -2.06. The molecule has 0 amide bonds. The van der Waals surface area contributed by atoms with Gasteiger partial charge in [0.1, 0.15) is 11.8 Å². The number of halogens is 3. The first kappa shape index (κ1) is 16.4. The normalized spacial score (nSPS) is 11.2. The van der Waals surface area contributed by atoms with E-state index in [1.54, 1.807) is 25.2 Å². The van der Waals surface area contributed by atoms with Gasteiger partial charge in [-0.15, -0.1) is 0 Å². The van der Waals surface area contributed by atoms with Crippen molar-refractivity contribution < 1.29 is 13.2 Å². The molecule has 0 aromatic carbocycles. The van der Waals surface area contributed by atoms with Gasteiger partial charge in [0.05, 0.1) is 28.8 Å². The van der Waals surface area contributed by atoms with Crippen LogP contribution in [0.1, 0.15) is 11.3 Å². The fourth-order valence-electron chi connectivity index (χ4n) is 2.16. The Hall–Kier alpha value is -3.41. The van der Waals surface area contributed by atoms with Gasteiger partial charge in [-0.25, -0.2) is 4.98 Å². The molecular weight excluding hydrogens is 333 g/mol. The Morgan fingerprint density at radius 2 is 1.92 bits per heavy atom. The second kappa shape index (κ2) is 6.24. The maximum absolute atomic E-state index is 12.6. The molecule has 0 saturated carbocycles. The van der Waals surface area contributed by atoms with Crippen molar-refractivity contribution in [2.24, 2.45) is 7.05 Å². The molecule has 0 bridgehead atoms. The molecule has 0 spiro atoms. The summed E-state index contributed by atoms with van der Waals surface area (Å²) in [6.07, 6.45) is -2.14. The zero-order chi connectivity index (χ0) is 18.0. The minimum atomic E-state index is -4.42. The molecule has 0 unspecified atom stereocenters. The van der Waals surface area contributed by atoms with Crippen LogP contribution in [0.3, 0.4) is 0 Å². The second-order valence-electron chi connectivity index (χ2n) is 5.14. The number of aromatic nitrogens is 4. The lowest BCUT2D eigenvalue weighted by Crippen LogP contribution is -2.05. The van der Waals surface area contributed by atoms with E-state index in [2.05, 4.69) is 20.4 Å². The minimum absolute atomic E-state index is 0.293. The third-order valence-electron chi connectivity index (χ3n) is 3.38. The van der Waals surface area contributed by atoms with E-state index in [4.69, 9.17) is 5.26 Å². The zero-order valence-corrected chi connectivity index (χ0v) is 12.9. The molecule has 0 radical (unpaired) electrons. The van der Waals surface area contributed by atoms with Crippen molar-refractivity contribution in [3.8, 4) is 17.5 Å². The number of rotatable bonds is 3. The summed E-state index contributed by atoms with van der Waals surface area (Å²) < 4.78 is 39.3. The van der Waals surface area contributed by atoms with Crippen molar-refractivity contribution in [2.75, 3.05) is 5.32 Å². The molecule has 3 rings (SSSR count). The summed E-state index contributed by atoms with van der Waals surface area (Å²) in [7, 11) is 1.66. The van der Waals surface area contributed by atoms with Crippen molar-refractivity contribution in [1.29, 1.82) is 5.26 Å². The highest BCUT2D eigenvalue weighted by atomic mass is 19.4. The number of pyridine rings is 2. The molecule has 0 aliphatic rings. The van der Waals surface area contributed by atoms with Gasteiger partial charge in [0, 0.05) is 19.3 Å². The molecule has 126 valence electrons. The van der Waals surface area contributed by atoms with Gasteiger partial charge in [-0.2, -0.15) is 23.5 Å². The van der Waals surface area contributed by atoms with Gasteiger partial charge < -0.3 is 5.32 Å². The number of hydrogen-bond donors (Lipinski definition) is 1. The maximum Gasteiger partial charge on any atom is 0.417 e. The van der Waals surface area contributed by atoms with Crippen molar-refractivity contribution in [3.05, 3.63) is 54.0 Å². The van der Waals surface area contributed by atoms with Crippen LogP contribution in [0.4, 0.5) is 24.7 Å². The Morgan fingerprint density at radius 1 is 1.12 bits per heavy atom. The predicted molar refractivity (Wildman–Crippen MR) is 83.7 cm³/mol. The average Bonchev–Trinajstić information content (AvgIpc) is 2.95. The average molecular weight is 344 g/mol. The Morgan fingerprint density at radius 3 is 2.48 bits per heavy atom. The van der Waals surface area contributed by atoms with Crippen LogP contribution in [0.2, 0.25) is 0 Å². The van der Waals surface area contributed by atoms with E-state index in [1.165, 1.54) is 16.9 Å². The van der Waals surface area contributed by atoms with E-state index in [1.807, 2.05) is 6.07 Å². The van der Waals surface area contributed by atoms with E-state index in [0.717, 1.165) is 12.3 Å². The molecule has 9 heteroatoms. The van der Waals surface area contributed by atoms with Crippen molar-refractivity contribution >= 4 is 11.5 Å². The van der Waals surface area contributed by atoms with Crippen LogP contribution >= 0.6 is 0 Å². The van der Waals surface area contributed by atoms with E-state index in [9.17, 15) is 13.2 Å². The van der Waals surface area contributed by atoms with Gasteiger partial charge in [0.25, 0.3) is 0 Å². The third kappa shape index (κ3) is 3.58. The Bertz CT molecular complexity index is 920. The molecule has 1 N–H and O–H groups in total. The van der Waals surface area contributed by atoms with Crippen LogP contribution in [-0.2, 0) is 13.2 Å². The number of aryl methyl sites for hydroxylation is 1. The van der Waals surface area contributed by atoms with Crippen LogP contribution in [0.5, 0.6) is 0 Å². The summed E-state index contributed by atoms with van der Waals surface area (Å²) in [4.78, 5) is 7.80. The largest absolute Gasteiger partial charge is 0.417 e. The first-order valence-corrected chi connectivity index (χ1v) is 7.07. The predicted octanol–water partition coefficient (Wildman–Crippen LogP) is 3.51. The lowest BCUT2D eigenvalue weighted by molar-refractivity contribution is -0.137. The standard InChI is InChI=1S/C16H11F3N6/c1-25-14(13-5-2-10(8-22-13)16(17,18)19)6-15(24-25)23-12-4-3-11(7-20)21-9-12/h2-6,8-9H,1H3,(H,23,24). The number of hydrogen-bond acceptors (Lipinski definition) is 5. The highest BCUT2D eigenvalue weighted by Gasteiger charge is 2.30. The van der Waals surface area contributed by atoms with Gasteiger partial charge in [-0.1, -0.05) is 0 Å². The number of anilines is 2. The summed E-state index contributed by atoms with van der Waals surface area (Å²) in [5, 5.41) is 16.0. The Labute approximate surface area is 140 Å². The van der Waals surface area contributed by atoms with Crippen LogP contribution in [0.25, 0.3) is 11.4 Å². The van der Waals surface area contributed by atoms with Crippen molar-refractivity contribution in [3.63, 3.8) is 0 Å². The van der Waals surface area contributed by atoms with Crippen molar-refractivity contribution in [1.82, 2.24) is 19.7 Å². The maximum atomic E-state index is 12.6. The summed E-state index contributed by atoms with van der Waals surface area (Å²) in [5.41, 5.74) is 1.04. The summed E-state index contributed by atoms with van der Waals surface area (Å²) >= 11 is 0. The number of nitrogens with one attached hydrogen (secondary N) is 1. The first-order valence-electron chi connectivity index (χ1n) is 7.07. The molecule has 0 atom stereocenters. The van der Waals surface area contributed by atoms with Gasteiger partial charge in [-0.3, -0.25) is 9.67 Å². The fourth-order valence-corrected chi connectivity index (χ4v) is 2.16. The van der Waals surface area contributed by atoms with E-state index in [0.29, 0.717) is 28.6 Å². The number of alkyl halides is 3. The highest BCUT2D eigenvalue weighted by molar-refractivity contribution is 5.64. The molecule has 3 aromatic heterocycles. The van der Waals surface area contributed by atoms with Gasteiger partial charge in [0.2, 0.25) is 0 Å². The smallest absolute Gasteiger partial charge is 0.337 e. The molecule has 3 aromatic rings. The van der Waals surface area contributed by atoms with E-state index in [-0.39, 0.29) is 0 Å². The number of nitriles is 1. The van der Waals surface area contributed by atoms with Crippen LogP contribution < -0.4 is 5.32 Å². The summed E-state index contributed by atoms with van der Waals surface area (Å²) in [6, 6.07) is 9.10. The third-order valence-corrected chi connectivity index (χ3v) is 3.38. The molecule has 0 aliphatic heterocycles. The quantitative estimate of drug-likeness (QED) is 0.786. The molecule has 0 saturated heterocycles. The molecule has 0 fully saturated rings. The molecule has 25 heavy (non-hydrogen) atoms. The first-order chi connectivity index (χ1) is 11.9. The SMILES string of the molecule is Cn1nc(Nc2ccc(C#N)nc2)cc1-c1ccc(C(F)(F)F)cn1. The van der Waals surface area contributed by atoms with Gasteiger partial charge in [0.15, 0.2) is 5.82 Å². The summed E-state index contributed by atoms with van der Waals surface area (Å²) in [6.45, 7) is 0. The van der Waals surface area contributed by atoms with E-state index < -0.39 is 11.7 Å². The fraction of sp³-hybridized carbons (Fsp3) is 0.125. The highest BCUT2D eigenvalue weighted by Crippen LogP contribution is 2.30. The van der Waals surface area contributed by atoms with Crippen molar-refractivity contribution in [2.45, 2.75) is 6.18 Å². The monoisotopic (exact) mass is 344 g/mol. The van der Waals surface area contributed by atoms with Crippen LogP contribution in [-0.4, -0.2) is 19.7 Å².